The van der Waals surface area contributed by atoms with Gasteiger partial charge < -0.3 is 4.90 Å². The molecule has 1 aliphatic rings. The van der Waals surface area contributed by atoms with E-state index in [9.17, 15) is 4.79 Å². The van der Waals surface area contributed by atoms with Crippen LogP contribution in [0.2, 0.25) is 0 Å². The first-order valence-corrected chi connectivity index (χ1v) is 9.62. The van der Waals surface area contributed by atoms with Gasteiger partial charge in [0.2, 0.25) is 5.91 Å². The van der Waals surface area contributed by atoms with Crippen LogP contribution in [-0.2, 0) is 4.79 Å². The van der Waals surface area contributed by atoms with Gasteiger partial charge >= 0.3 is 0 Å². The molecule has 1 aliphatic heterocycles. The normalized spacial score (nSPS) is 14.2. The number of unbranched alkanes of at least 4 members (excludes halogenated alkanes) is 12. The number of hydrogen-bond donors (Lipinski definition) is 0. The summed E-state index contributed by atoms with van der Waals surface area (Å²) < 4.78 is 0. The van der Waals surface area contributed by atoms with E-state index in [2.05, 4.69) is 6.92 Å². The van der Waals surface area contributed by atoms with Gasteiger partial charge in [0.1, 0.15) is 0 Å². The molecule has 1 fully saturated rings. The average molecular weight is 296 g/mol. The van der Waals surface area contributed by atoms with Crippen LogP contribution in [0, 0.1) is 0 Å². The summed E-state index contributed by atoms with van der Waals surface area (Å²) in [5.41, 5.74) is 0. The van der Waals surface area contributed by atoms with Crippen LogP contribution >= 0.6 is 0 Å². The van der Waals surface area contributed by atoms with Crippen molar-refractivity contribution in [2.24, 2.45) is 0 Å². The van der Waals surface area contributed by atoms with Gasteiger partial charge in [-0.3, -0.25) is 4.79 Å². The van der Waals surface area contributed by atoms with Crippen molar-refractivity contribution in [3.05, 3.63) is 0 Å². The molecule has 1 rings (SSSR count). The fourth-order valence-corrected chi connectivity index (χ4v) is 3.02. The van der Waals surface area contributed by atoms with Gasteiger partial charge in [0.25, 0.3) is 0 Å². The van der Waals surface area contributed by atoms with Crippen LogP contribution in [-0.4, -0.2) is 23.9 Å². The largest absolute Gasteiger partial charge is 0.343 e. The van der Waals surface area contributed by atoms with E-state index >= 15 is 0 Å². The Morgan fingerprint density at radius 1 is 0.714 bits per heavy atom. The molecule has 0 spiro atoms. The number of carbonyl (C=O) groups excluding carboxylic acids is 1. The molecular weight excluding hydrogens is 258 g/mol. The molecular formula is C19H37NO. The van der Waals surface area contributed by atoms with Crippen molar-refractivity contribution in [1.29, 1.82) is 0 Å². The molecule has 0 N–H and O–H groups in total. The number of amides is 1. The van der Waals surface area contributed by atoms with Crippen molar-refractivity contribution < 1.29 is 4.79 Å². The maximum Gasteiger partial charge on any atom is 0.222 e. The van der Waals surface area contributed by atoms with Gasteiger partial charge in [-0.1, -0.05) is 84.0 Å². The zero-order valence-corrected chi connectivity index (χ0v) is 14.4. The van der Waals surface area contributed by atoms with Crippen LogP contribution in [0.25, 0.3) is 0 Å². The summed E-state index contributed by atoms with van der Waals surface area (Å²) in [6.45, 7) is 4.30. The van der Waals surface area contributed by atoms with Crippen LogP contribution in [0.15, 0.2) is 0 Å². The Morgan fingerprint density at radius 2 is 1.14 bits per heavy atom. The van der Waals surface area contributed by atoms with E-state index < -0.39 is 0 Å². The summed E-state index contributed by atoms with van der Waals surface area (Å²) in [5, 5.41) is 0. The third-order valence-corrected chi connectivity index (χ3v) is 4.70. The van der Waals surface area contributed by atoms with Crippen LogP contribution in [0.5, 0.6) is 0 Å². The van der Waals surface area contributed by atoms with E-state index in [1.54, 1.807) is 0 Å². The summed E-state index contributed by atoms with van der Waals surface area (Å²) in [4.78, 5) is 13.7. The average Bonchev–Trinajstić information content (AvgIpc) is 2.42. The lowest BCUT2D eigenvalue weighted by molar-refractivity contribution is -0.134. The zero-order valence-electron chi connectivity index (χ0n) is 14.4. The molecule has 2 heteroatoms. The van der Waals surface area contributed by atoms with E-state index in [0.29, 0.717) is 5.91 Å². The van der Waals surface area contributed by atoms with Gasteiger partial charge in [0.15, 0.2) is 0 Å². The predicted molar refractivity (Wildman–Crippen MR) is 91.5 cm³/mol. The minimum Gasteiger partial charge on any atom is -0.343 e. The fraction of sp³-hybridized carbons (Fsp3) is 0.947. The zero-order chi connectivity index (χ0) is 15.2. The summed E-state index contributed by atoms with van der Waals surface area (Å²) in [7, 11) is 0. The highest BCUT2D eigenvalue weighted by Crippen LogP contribution is 2.14. The van der Waals surface area contributed by atoms with Gasteiger partial charge in [-0.15, -0.1) is 0 Å². The van der Waals surface area contributed by atoms with Gasteiger partial charge in [0, 0.05) is 19.5 Å². The van der Waals surface area contributed by atoms with E-state index in [1.807, 2.05) is 4.90 Å². The van der Waals surface area contributed by atoms with Crippen molar-refractivity contribution in [2.45, 2.75) is 103 Å². The molecule has 0 atom stereocenters. The van der Waals surface area contributed by atoms with E-state index in [-0.39, 0.29) is 0 Å². The molecule has 1 amide bonds. The molecule has 0 saturated carbocycles. The molecule has 0 aliphatic carbocycles. The third-order valence-electron chi connectivity index (χ3n) is 4.70. The Morgan fingerprint density at radius 3 is 1.52 bits per heavy atom. The summed E-state index contributed by atoms with van der Waals surface area (Å²) in [6, 6.07) is 0. The van der Waals surface area contributed by atoms with Crippen LogP contribution in [0.3, 0.4) is 0 Å². The van der Waals surface area contributed by atoms with E-state index in [0.717, 1.165) is 25.9 Å². The molecule has 0 aromatic heterocycles. The second-order valence-electron chi connectivity index (χ2n) is 6.73. The molecule has 0 radical (unpaired) electrons. The quantitative estimate of drug-likeness (QED) is 0.376. The molecule has 0 aromatic carbocycles. The van der Waals surface area contributed by atoms with E-state index in [4.69, 9.17) is 0 Å². The molecule has 21 heavy (non-hydrogen) atoms. The minimum absolute atomic E-state index is 0.393. The van der Waals surface area contributed by atoms with Gasteiger partial charge in [-0.05, 0) is 12.8 Å². The first kappa shape index (κ1) is 18.5. The molecule has 124 valence electrons. The predicted octanol–water partition coefficient (Wildman–Crippen LogP) is 5.70. The van der Waals surface area contributed by atoms with Crippen molar-refractivity contribution in [3.63, 3.8) is 0 Å². The number of carbonyl (C=O) groups is 1. The fourth-order valence-electron chi connectivity index (χ4n) is 3.02. The Bertz CT molecular complexity index is 248. The van der Waals surface area contributed by atoms with Crippen LogP contribution in [0.4, 0.5) is 0 Å². The van der Waals surface area contributed by atoms with Gasteiger partial charge in [-0.2, -0.15) is 0 Å². The molecule has 1 heterocycles. The number of hydrogen-bond acceptors (Lipinski definition) is 1. The lowest BCUT2D eigenvalue weighted by Crippen LogP contribution is -2.41. The molecule has 1 saturated heterocycles. The Hall–Kier alpha value is -0.530. The first-order chi connectivity index (χ1) is 10.3. The minimum atomic E-state index is 0.393. The first-order valence-electron chi connectivity index (χ1n) is 9.62. The summed E-state index contributed by atoms with van der Waals surface area (Å²) >= 11 is 0. The second kappa shape index (κ2) is 13.2. The molecule has 0 unspecified atom stereocenters. The lowest BCUT2D eigenvalue weighted by atomic mass is 10.0. The highest BCUT2D eigenvalue weighted by atomic mass is 16.2. The monoisotopic (exact) mass is 295 g/mol. The van der Waals surface area contributed by atoms with E-state index in [1.165, 1.54) is 83.5 Å². The summed E-state index contributed by atoms with van der Waals surface area (Å²) in [6.07, 6.45) is 19.8. The topological polar surface area (TPSA) is 20.3 Å². The van der Waals surface area contributed by atoms with Gasteiger partial charge in [0.05, 0.1) is 0 Å². The smallest absolute Gasteiger partial charge is 0.222 e. The SMILES string of the molecule is CCCCCCCCCCCCCCCC(=O)N1CCC1. The molecule has 2 nitrogen and oxygen atoms in total. The number of rotatable bonds is 14. The highest BCUT2D eigenvalue weighted by molar-refractivity contribution is 5.76. The standard InChI is InChI=1S/C19H37NO/c1-2-3-4-5-6-7-8-9-10-11-12-13-14-16-19(21)20-17-15-18-20/h2-18H2,1H3. The van der Waals surface area contributed by atoms with Crippen molar-refractivity contribution in [3.8, 4) is 0 Å². The number of nitrogens with zero attached hydrogens (tertiary/aromatic N) is 1. The maximum absolute atomic E-state index is 11.7. The van der Waals surface area contributed by atoms with Crippen LogP contribution < -0.4 is 0 Å². The summed E-state index contributed by atoms with van der Waals surface area (Å²) in [5.74, 6) is 0.393. The third kappa shape index (κ3) is 9.92. The van der Waals surface area contributed by atoms with Crippen molar-refractivity contribution in [2.75, 3.05) is 13.1 Å². The van der Waals surface area contributed by atoms with Gasteiger partial charge in [-0.25, -0.2) is 0 Å². The molecule has 0 bridgehead atoms. The van der Waals surface area contributed by atoms with Crippen LogP contribution in [0.1, 0.15) is 103 Å². The maximum atomic E-state index is 11.7. The van der Waals surface area contributed by atoms with Crippen molar-refractivity contribution >= 4 is 5.91 Å². The Labute approximate surface area is 132 Å². The number of likely N-dealkylation sites (tertiary alicyclic amines) is 1. The lowest BCUT2D eigenvalue weighted by Gasteiger charge is -2.30. The second-order valence-corrected chi connectivity index (χ2v) is 6.73. The Balaban J connectivity index is 1.69. The Kier molecular flexibility index (Phi) is 11.6. The molecule has 0 aromatic rings. The highest BCUT2D eigenvalue weighted by Gasteiger charge is 2.18. The van der Waals surface area contributed by atoms with Crippen molar-refractivity contribution in [1.82, 2.24) is 4.90 Å².